The number of fused-ring (bicyclic) bond motifs is 1. The molecule has 1 N–H and O–H groups in total. The number of aromatic nitrogens is 1. The summed E-state index contributed by atoms with van der Waals surface area (Å²) in [5.74, 6) is 1.99. The Bertz CT molecular complexity index is 773. The maximum absolute atomic E-state index is 6.11. The van der Waals surface area contributed by atoms with Gasteiger partial charge in [-0.1, -0.05) is 18.2 Å². The van der Waals surface area contributed by atoms with Gasteiger partial charge in [0.05, 0.1) is 10.7 Å². The molecule has 156 valence electrons. The number of benzene rings is 1. The van der Waals surface area contributed by atoms with Crippen molar-refractivity contribution in [2.24, 2.45) is 4.99 Å². The molecule has 0 unspecified atom stereocenters. The van der Waals surface area contributed by atoms with E-state index < -0.39 is 0 Å². The number of aryl methyl sites for hydroxylation is 3. The summed E-state index contributed by atoms with van der Waals surface area (Å²) in [5, 5.41) is 4.86. The lowest BCUT2D eigenvalue weighted by molar-refractivity contribution is 0.129. The highest BCUT2D eigenvalue weighted by Gasteiger charge is 2.22. The van der Waals surface area contributed by atoms with Gasteiger partial charge in [-0.2, -0.15) is 0 Å². The number of aliphatic imine (C=N–C) groups is 1. The van der Waals surface area contributed by atoms with Crippen molar-refractivity contribution in [2.75, 3.05) is 26.7 Å². The molecule has 1 aromatic carbocycles. The number of nitrogens with zero attached hydrogens (tertiary/aromatic N) is 3. The second-order valence-corrected chi connectivity index (χ2v) is 9.05. The summed E-state index contributed by atoms with van der Waals surface area (Å²) >= 11 is 1.94. The normalized spacial score (nSPS) is 17.8. The van der Waals surface area contributed by atoms with Gasteiger partial charge >= 0.3 is 0 Å². The van der Waals surface area contributed by atoms with Crippen molar-refractivity contribution in [3.8, 4) is 5.75 Å². The van der Waals surface area contributed by atoms with E-state index in [9.17, 15) is 0 Å². The third-order valence-electron chi connectivity index (χ3n) is 5.74. The fraction of sp³-hybridized carbons (Fsp3) is 0.565. The van der Waals surface area contributed by atoms with Gasteiger partial charge in [-0.3, -0.25) is 4.99 Å². The topological polar surface area (TPSA) is 49.8 Å². The Morgan fingerprint density at radius 2 is 2.00 bits per heavy atom. The van der Waals surface area contributed by atoms with E-state index in [-0.39, 0.29) is 0 Å². The quantitative estimate of drug-likeness (QED) is 0.441. The van der Waals surface area contributed by atoms with Crippen molar-refractivity contribution < 1.29 is 4.74 Å². The van der Waals surface area contributed by atoms with E-state index in [0.29, 0.717) is 6.10 Å². The number of ether oxygens (including phenoxy) is 1. The molecule has 1 aliphatic carbocycles. The molecule has 0 bridgehead atoms. The molecular formula is C23H32N4OS. The number of guanidine groups is 1. The second-order valence-electron chi connectivity index (χ2n) is 7.88. The van der Waals surface area contributed by atoms with Gasteiger partial charge in [-0.25, -0.2) is 4.98 Å². The second kappa shape index (κ2) is 10.1. The van der Waals surface area contributed by atoms with Gasteiger partial charge in [0, 0.05) is 50.8 Å². The molecule has 1 aliphatic heterocycles. The zero-order valence-corrected chi connectivity index (χ0v) is 18.2. The smallest absolute Gasteiger partial charge is 0.193 e. The zero-order valence-electron chi connectivity index (χ0n) is 17.4. The first kappa shape index (κ1) is 20.2. The third-order valence-corrected chi connectivity index (χ3v) is 6.96. The molecule has 5 nitrogen and oxygen atoms in total. The number of rotatable bonds is 6. The van der Waals surface area contributed by atoms with Crippen LogP contribution in [0.1, 0.15) is 47.7 Å². The predicted molar refractivity (Wildman–Crippen MR) is 120 cm³/mol. The molecule has 4 rings (SSSR count). The number of nitrogens with one attached hydrogen (secondary N) is 1. The number of thiazole rings is 1. The molecule has 0 saturated carbocycles. The van der Waals surface area contributed by atoms with Crippen LogP contribution in [0.15, 0.2) is 35.3 Å². The van der Waals surface area contributed by atoms with Crippen LogP contribution in [0.2, 0.25) is 0 Å². The van der Waals surface area contributed by atoms with Crippen molar-refractivity contribution in [1.82, 2.24) is 15.2 Å². The molecule has 6 heteroatoms. The largest absolute Gasteiger partial charge is 0.490 e. The molecule has 0 spiro atoms. The van der Waals surface area contributed by atoms with Gasteiger partial charge in [0.1, 0.15) is 11.9 Å². The highest BCUT2D eigenvalue weighted by atomic mass is 32.1. The van der Waals surface area contributed by atoms with Crippen LogP contribution in [-0.2, 0) is 19.3 Å². The maximum atomic E-state index is 6.11. The van der Waals surface area contributed by atoms with E-state index in [1.807, 2.05) is 48.7 Å². The van der Waals surface area contributed by atoms with Crippen molar-refractivity contribution in [1.29, 1.82) is 0 Å². The van der Waals surface area contributed by atoms with Crippen LogP contribution in [0.3, 0.4) is 0 Å². The van der Waals surface area contributed by atoms with E-state index in [4.69, 9.17) is 9.72 Å². The molecule has 0 atom stereocenters. The minimum Gasteiger partial charge on any atom is -0.490 e. The molecule has 1 saturated heterocycles. The Hall–Kier alpha value is -2.08. The lowest BCUT2D eigenvalue weighted by Gasteiger charge is -2.34. The molecule has 0 radical (unpaired) electrons. The van der Waals surface area contributed by atoms with Crippen LogP contribution in [0.5, 0.6) is 5.75 Å². The summed E-state index contributed by atoms with van der Waals surface area (Å²) in [4.78, 5) is 13.2. The summed E-state index contributed by atoms with van der Waals surface area (Å²) in [7, 11) is 1.88. The summed E-state index contributed by atoms with van der Waals surface area (Å²) in [6.45, 7) is 2.91. The number of para-hydroxylation sites is 1. The summed E-state index contributed by atoms with van der Waals surface area (Å²) < 4.78 is 6.11. The van der Waals surface area contributed by atoms with Crippen LogP contribution in [0, 0.1) is 0 Å². The molecule has 2 aliphatic rings. The minimum atomic E-state index is 0.294. The molecule has 1 aromatic heterocycles. The molecule has 1 fully saturated rings. The van der Waals surface area contributed by atoms with Gasteiger partial charge in [-0.15, -0.1) is 11.3 Å². The number of hydrogen-bond acceptors (Lipinski definition) is 4. The zero-order chi connectivity index (χ0) is 19.9. The highest BCUT2D eigenvalue weighted by molar-refractivity contribution is 7.11. The lowest BCUT2D eigenvalue weighted by Crippen LogP contribution is -2.47. The van der Waals surface area contributed by atoms with Gasteiger partial charge in [0.2, 0.25) is 0 Å². The average Bonchev–Trinajstić information content (AvgIpc) is 3.18. The van der Waals surface area contributed by atoms with E-state index in [1.54, 1.807) is 0 Å². The van der Waals surface area contributed by atoms with Gasteiger partial charge in [0.15, 0.2) is 5.96 Å². The first-order valence-electron chi connectivity index (χ1n) is 11.0. The number of likely N-dealkylation sites (tertiary alicyclic amines) is 1. The van der Waals surface area contributed by atoms with Crippen molar-refractivity contribution in [3.05, 3.63) is 45.9 Å². The Morgan fingerprint density at radius 3 is 2.76 bits per heavy atom. The monoisotopic (exact) mass is 412 g/mol. The molecule has 2 aromatic rings. The number of piperidine rings is 1. The molecule has 29 heavy (non-hydrogen) atoms. The van der Waals surface area contributed by atoms with Crippen LogP contribution in [-0.4, -0.2) is 48.6 Å². The van der Waals surface area contributed by atoms with Gasteiger partial charge < -0.3 is 15.0 Å². The fourth-order valence-corrected chi connectivity index (χ4v) is 5.36. The summed E-state index contributed by atoms with van der Waals surface area (Å²) in [6, 6.07) is 10.1. The average molecular weight is 413 g/mol. The minimum absolute atomic E-state index is 0.294. The third kappa shape index (κ3) is 5.50. The van der Waals surface area contributed by atoms with E-state index in [1.165, 1.54) is 41.3 Å². The van der Waals surface area contributed by atoms with Crippen molar-refractivity contribution >= 4 is 17.3 Å². The predicted octanol–water partition coefficient (Wildman–Crippen LogP) is 4.07. The van der Waals surface area contributed by atoms with Crippen LogP contribution < -0.4 is 10.1 Å². The van der Waals surface area contributed by atoms with Crippen molar-refractivity contribution in [3.63, 3.8) is 0 Å². The van der Waals surface area contributed by atoms with E-state index in [2.05, 4.69) is 15.2 Å². The standard InChI is InChI=1S/C23H32N4OS/c1-24-23(25-15-7-12-22-26-20-10-5-6-11-21(20)29-22)27-16-13-19(14-17-27)28-18-8-3-2-4-9-18/h2-4,8-9,19H,5-7,10-17H2,1H3,(H,24,25). The van der Waals surface area contributed by atoms with Crippen LogP contribution in [0.25, 0.3) is 0 Å². The Morgan fingerprint density at radius 1 is 1.21 bits per heavy atom. The van der Waals surface area contributed by atoms with Crippen LogP contribution in [0.4, 0.5) is 0 Å². The molecular weight excluding hydrogens is 380 g/mol. The Balaban J connectivity index is 1.17. The summed E-state index contributed by atoms with van der Waals surface area (Å²) in [6.07, 6.45) is 9.57. The van der Waals surface area contributed by atoms with Gasteiger partial charge in [0.25, 0.3) is 0 Å². The van der Waals surface area contributed by atoms with E-state index >= 15 is 0 Å². The van der Waals surface area contributed by atoms with Crippen LogP contribution >= 0.6 is 11.3 Å². The number of hydrogen-bond donors (Lipinski definition) is 1. The molecule has 2 heterocycles. The highest BCUT2D eigenvalue weighted by Crippen LogP contribution is 2.27. The SMILES string of the molecule is CN=C(NCCCc1nc2c(s1)CCCC2)N1CCC(Oc2ccccc2)CC1. The first-order valence-corrected chi connectivity index (χ1v) is 11.8. The van der Waals surface area contributed by atoms with E-state index in [0.717, 1.165) is 57.0 Å². The maximum Gasteiger partial charge on any atom is 0.193 e. The van der Waals surface area contributed by atoms with Gasteiger partial charge in [-0.05, 0) is 44.2 Å². The lowest BCUT2D eigenvalue weighted by atomic mass is 10.0. The first-order chi connectivity index (χ1) is 14.3. The summed E-state index contributed by atoms with van der Waals surface area (Å²) in [5.41, 5.74) is 1.38. The van der Waals surface area contributed by atoms with Crippen molar-refractivity contribution in [2.45, 2.75) is 57.5 Å². The molecule has 0 amide bonds. The Labute approximate surface area is 178 Å². The fourth-order valence-electron chi connectivity index (χ4n) is 4.16. The Kier molecular flexibility index (Phi) is 7.04.